The van der Waals surface area contributed by atoms with Crippen molar-refractivity contribution in [3.8, 4) is 89.0 Å². The monoisotopic (exact) mass is 1450 g/mol. The van der Waals surface area contributed by atoms with Crippen LogP contribution in [0.1, 0.15) is 19.2 Å². The Bertz CT molecular complexity index is 9340. The maximum Gasteiger partial charge on any atom is 0.135 e. The average Bonchev–Trinajstić information content (AvgIpc) is 1.24. The molecule has 0 radical (unpaired) electrons. The van der Waals surface area contributed by atoms with Crippen molar-refractivity contribution >= 4 is 173 Å². The van der Waals surface area contributed by atoms with Crippen molar-refractivity contribution in [3.63, 3.8) is 0 Å². The largest absolute Gasteiger partial charge is 0.456 e. The summed E-state index contributed by atoms with van der Waals surface area (Å²) in [7, 11) is 0. The highest BCUT2D eigenvalue weighted by molar-refractivity contribution is 6.31. The summed E-state index contributed by atoms with van der Waals surface area (Å²) in [5, 5.41) is 27.6. The Morgan fingerprint density at radius 2 is 0.596 bits per heavy atom. The first-order valence-corrected chi connectivity index (χ1v) is 38.4. The van der Waals surface area contributed by atoms with Crippen molar-refractivity contribution in [1.82, 2.24) is 0 Å². The van der Waals surface area contributed by atoms with Crippen LogP contribution in [0.2, 0.25) is 0 Å². The zero-order valence-corrected chi connectivity index (χ0v) is 60.7. The van der Waals surface area contributed by atoms with Gasteiger partial charge in [-0.05, 0) is 291 Å². The highest BCUT2D eigenvalue weighted by Crippen LogP contribution is 2.53. The van der Waals surface area contributed by atoms with E-state index >= 15 is 0 Å². The van der Waals surface area contributed by atoms with Crippen molar-refractivity contribution < 1.29 is 28.0 Å². The van der Waals surface area contributed by atoms with Gasteiger partial charge in [-0.3, -0.25) is 0 Å². The van der Waals surface area contributed by atoms with Crippen molar-refractivity contribution in [2.45, 2.75) is 0 Å². The van der Waals surface area contributed by atoms with E-state index in [9.17, 15) is 9.60 Å². The number of hydrogen-bond donors (Lipinski definition) is 0. The van der Waals surface area contributed by atoms with E-state index in [2.05, 4.69) is 212 Å². The summed E-state index contributed by atoms with van der Waals surface area (Å²) in [5.74, 6) is 0. The molecule has 26 aromatic rings. The zero-order valence-electron chi connectivity index (χ0n) is 74.7. The molecule has 2 heterocycles. The van der Waals surface area contributed by atoms with Gasteiger partial charge in [-0.1, -0.05) is 315 Å². The van der Waals surface area contributed by atoms with Gasteiger partial charge in [-0.15, -0.1) is 0 Å². The van der Waals surface area contributed by atoms with Gasteiger partial charge < -0.3 is 8.83 Å². The van der Waals surface area contributed by atoms with Crippen LogP contribution in [0.15, 0.2) is 397 Å². The second kappa shape index (κ2) is 24.3. The van der Waals surface area contributed by atoms with E-state index in [1.165, 1.54) is 43.1 Å². The normalized spacial score (nSPS) is 13.9. The Morgan fingerprint density at radius 3 is 1.21 bits per heavy atom. The summed E-state index contributed by atoms with van der Waals surface area (Å²) in [6, 6.07) is 99.2. The number of rotatable bonds is 8. The van der Waals surface area contributed by atoms with Crippen molar-refractivity contribution in [3.05, 3.63) is 388 Å². The van der Waals surface area contributed by atoms with Crippen LogP contribution in [0.5, 0.6) is 0 Å². The Hall–Kier alpha value is -15.0. The molecule has 0 unspecified atom stereocenters. The molecule has 0 fully saturated rings. The summed E-state index contributed by atoms with van der Waals surface area (Å²) in [5.41, 5.74) is 10.3. The molecule has 2 aromatic heterocycles. The molecule has 0 spiro atoms. The lowest BCUT2D eigenvalue weighted by Gasteiger charge is -2.22. The van der Waals surface area contributed by atoms with Crippen LogP contribution in [0.3, 0.4) is 0 Å². The smallest absolute Gasteiger partial charge is 0.135 e. The summed E-state index contributed by atoms with van der Waals surface area (Å²) in [6.07, 6.45) is 0. The lowest BCUT2D eigenvalue weighted by Crippen LogP contribution is -1.95. The zero-order chi connectivity index (χ0) is 86.6. The highest BCUT2D eigenvalue weighted by atomic mass is 16.3. The van der Waals surface area contributed by atoms with Gasteiger partial charge in [0.1, 0.15) is 22.3 Å². The van der Waals surface area contributed by atoms with E-state index < -0.39 is 72.5 Å². The first-order chi connectivity index (χ1) is 62.3. The molecule has 0 N–H and O–H groups in total. The summed E-state index contributed by atoms with van der Waals surface area (Å²) >= 11 is 0. The molecule has 0 atom stereocenters. The van der Waals surface area contributed by atoms with Crippen molar-refractivity contribution in [2.24, 2.45) is 0 Å². The third-order valence-corrected chi connectivity index (χ3v) is 24.0. The third kappa shape index (κ3) is 9.37. The lowest BCUT2D eigenvalue weighted by atomic mass is 9.81. The van der Waals surface area contributed by atoms with E-state index in [1.54, 1.807) is 6.07 Å². The van der Waals surface area contributed by atoms with Crippen molar-refractivity contribution in [2.75, 3.05) is 0 Å². The Balaban J connectivity index is 0.000000140. The second-order valence-corrected chi connectivity index (χ2v) is 30.0. The van der Waals surface area contributed by atoms with Crippen LogP contribution < -0.4 is 0 Å². The Kier molecular flexibility index (Phi) is 10.8. The molecular formula is C112H64O2. The Labute approximate surface area is 674 Å². The predicted molar refractivity (Wildman–Crippen MR) is 486 cm³/mol. The molecule has 114 heavy (non-hydrogen) atoms. The number of benzene rings is 24. The van der Waals surface area contributed by atoms with Crippen molar-refractivity contribution in [1.29, 1.82) is 0 Å². The van der Waals surface area contributed by atoms with Crippen LogP contribution >= 0.6 is 0 Å². The number of para-hydroxylation sites is 2. The number of hydrogen-bond acceptors (Lipinski definition) is 2. The molecule has 0 aliphatic heterocycles. The van der Waals surface area contributed by atoms with E-state index in [1.807, 2.05) is 84.9 Å². The fraction of sp³-hybridized carbons (Fsp3) is 0. The number of fused-ring (bicyclic) bond motifs is 6. The Morgan fingerprint density at radius 1 is 0.167 bits per heavy atom. The van der Waals surface area contributed by atoms with E-state index in [4.69, 9.17) is 18.4 Å². The first kappa shape index (κ1) is 50.7. The molecule has 524 valence electrons. The SMILES string of the molecule is [2H]c1c(-c2cc3cccc4ccc5cccc2c5c43)c([2H])c(-c2ccc3ccc4cccc5ccc2c3c45)c(-c2ccccc2)c1-c1ccc2oc3ccccc3c2c1.[2H]c1c([2H])c([2H])c(-c2c(-c3c([2H])c([2H])c4oc5c([2H])c([2H])c([2H])c([2H])c5c4c3[2H])cc(-c3cc4cccc5ccc6cccc3c6c54)cc2-c2ccc3ccc4cccc5ccc2c3c45)c([2H])c1[2H]. The van der Waals surface area contributed by atoms with Gasteiger partial charge in [0, 0.05) is 21.5 Å². The van der Waals surface area contributed by atoms with Crippen LogP contribution in [-0.4, -0.2) is 0 Å². The first-order valence-electron chi connectivity index (χ1n) is 45.4. The van der Waals surface area contributed by atoms with Crippen LogP contribution in [0.25, 0.3) is 262 Å². The minimum absolute atomic E-state index is 0.109. The fourth-order valence-corrected chi connectivity index (χ4v) is 19.0. The molecule has 0 saturated carbocycles. The van der Waals surface area contributed by atoms with Gasteiger partial charge in [0.2, 0.25) is 0 Å². The van der Waals surface area contributed by atoms with Gasteiger partial charge in [-0.2, -0.15) is 0 Å². The molecule has 0 aliphatic carbocycles. The molecule has 0 aliphatic rings. The maximum atomic E-state index is 10.6. The minimum atomic E-state index is -0.597. The van der Waals surface area contributed by atoms with Gasteiger partial charge in [-0.25, -0.2) is 0 Å². The summed E-state index contributed by atoms with van der Waals surface area (Å²) in [6.45, 7) is 0. The fourth-order valence-electron chi connectivity index (χ4n) is 19.0. The molecule has 0 saturated heterocycles. The van der Waals surface area contributed by atoms with Gasteiger partial charge in [0.15, 0.2) is 0 Å². The van der Waals surface area contributed by atoms with E-state index in [-0.39, 0.29) is 44.2 Å². The maximum absolute atomic E-state index is 10.6. The molecule has 26 rings (SSSR count). The van der Waals surface area contributed by atoms with Crippen LogP contribution in [-0.2, 0) is 0 Å². The lowest BCUT2D eigenvalue weighted by molar-refractivity contribution is 0.668. The molecule has 0 amide bonds. The van der Waals surface area contributed by atoms with E-state index in [0.717, 1.165) is 153 Å². The highest BCUT2D eigenvalue weighted by Gasteiger charge is 2.27. The molecule has 24 aromatic carbocycles. The molecule has 0 bridgehead atoms. The average molecular weight is 1460 g/mol. The quantitative estimate of drug-likeness (QED) is 0.142. The second-order valence-electron chi connectivity index (χ2n) is 30.0. The number of furan rings is 2. The molecular weight excluding hydrogens is 1380 g/mol. The van der Waals surface area contributed by atoms with Crippen LogP contribution in [0.4, 0.5) is 0 Å². The summed E-state index contributed by atoms with van der Waals surface area (Å²) < 4.78 is 143. The standard InChI is InChI=1S/2C56H32O/c2*1-2-9-33(10-3-1)54-47(39-25-28-51-48(29-39)43-16-4-5-18-50(43)57-51)31-41(46-30-40-15-7-13-35-19-21-37-14-8-17-44(46)55(37)53(35)40)32-49(54)42-26-23-38-22-20-34-11-6-12-36-24-27-45(42)56(38)52(34)36/h2*1-32H/i1D,2D,3D,4D,5D,9D,10D,16D,18D,25D,28D,29D;31D,32D. The minimum Gasteiger partial charge on any atom is -0.456 e. The third-order valence-electron chi connectivity index (χ3n) is 24.0. The van der Waals surface area contributed by atoms with Crippen LogP contribution in [0, 0.1) is 0 Å². The molecule has 2 heteroatoms. The molecule has 2 nitrogen and oxygen atoms in total. The van der Waals surface area contributed by atoms with Gasteiger partial charge in [0.05, 0.1) is 19.2 Å². The van der Waals surface area contributed by atoms with E-state index in [0.29, 0.717) is 34.3 Å². The topological polar surface area (TPSA) is 26.3 Å². The predicted octanol–water partition coefficient (Wildman–Crippen LogP) is 32.1. The summed E-state index contributed by atoms with van der Waals surface area (Å²) in [4.78, 5) is 0. The van der Waals surface area contributed by atoms with Gasteiger partial charge >= 0.3 is 0 Å². The van der Waals surface area contributed by atoms with Gasteiger partial charge in [0.25, 0.3) is 0 Å².